The molecule has 2 unspecified atom stereocenters. The smallest absolute Gasteiger partial charge is 0.317 e. The summed E-state index contributed by atoms with van der Waals surface area (Å²) in [7, 11) is 0. The van der Waals surface area contributed by atoms with Crippen LogP contribution in [0.1, 0.15) is 42.3 Å². The molecule has 1 N–H and O–H groups in total. The van der Waals surface area contributed by atoms with Gasteiger partial charge >= 0.3 is 6.03 Å². The number of carbonyl (C=O) groups is 1. The number of fused-ring (bicyclic) bond motifs is 3. The molecule has 0 aliphatic carbocycles. The number of aryl methyl sites for hydroxylation is 1. The van der Waals surface area contributed by atoms with Crippen molar-refractivity contribution in [3.63, 3.8) is 0 Å². The van der Waals surface area contributed by atoms with E-state index in [0.717, 1.165) is 6.07 Å². The largest absolute Gasteiger partial charge is 0.322 e. The van der Waals surface area contributed by atoms with Crippen LogP contribution in [-0.4, -0.2) is 33.4 Å². The van der Waals surface area contributed by atoms with Crippen molar-refractivity contribution in [3.05, 3.63) is 46.5 Å². The lowest BCUT2D eigenvalue weighted by molar-refractivity contribution is -0.0350. The molecule has 0 saturated carbocycles. The second-order valence-electron chi connectivity index (χ2n) is 8.13. The number of urea groups is 1. The van der Waals surface area contributed by atoms with E-state index < -0.39 is 36.8 Å². The van der Waals surface area contributed by atoms with Gasteiger partial charge in [-0.3, -0.25) is 9.07 Å². The maximum absolute atomic E-state index is 15.0. The van der Waals surface area contributed by atoms with Crippen LogP contribution in [0.3, 0.4) is 0 Å². The Morgan fingerprint density at radius 3 is 2.90 bits per heavy atom. The van der Waals surface area contributed by atoms with E-state index in [-0.39, 0.29) is 42.5 Å². The first kappa shape index (κ1) is 21.2. The molecule has 10 heteroatoms. The van der Waals surface area contributed by atoms with E-state index in [2.05, 4.69) is 10.4 Å². The first-order valence-corrected chi connectivity index (χ1v) is 10.0. The van der Waals surface area contributed by atoms with Gasteiger partial charge in [-0.25, -0.2) is 9.18 Å². The third kappa shape index (κ3) is 3.84. The molecule has 2 aliphatic rings. The van der Waals surface area contributed by atoms with Crippen LogP contribution in [0.15, 0.2) is 18.2 Å². The Morgan fingerprint density at radius 2 is 2.19 bits per heavy atom. The Kier molecular flexibility index (Phi) is 5.37. The standard InChI is InChI=1S/C21H21F4N5O/c1-12-6-18-16(19-21(24,25)8-13(9-22)4-5-30(19)28-18)11-29(12)20(31)27-15-2-3-17(23)14(7-15)10-26/h2-3,7,12-13H,4-6,8-9,11H2,1H3,(H,27,31). The van der Waals surface area contributed by atoms with Gasteiger partial charge in [-0.1, -0.05) is 0 Å². The van der Waals surface area contributed by atoms with Gasteiger partial charge in [-0.05, 0) is 37.5 Å². The van der Waals surface area contributed by atoms with Crippen LogP contribution in [0.5, 0.6) is 0 Å². The molecule has 2 aromatic rings. The Balaban J connectivity index is 1.61. The maximum Gasteiger partial charge on any atom is 0.322 e. The molecule has 4 rings (SSSR count). The summed E-state index contributed by atoms with van der Waals surface area (Å²) < 4.78 is 57.9. The van der Waals surface area contributed by atoms with Crippen LogP contribution in [0.4, 0.5) is 28.0 Å². The fourth-order valence-electron chi connectivity index (χ4n) is 4.32. The van der Waals surface area contributed by atoms with Crippen molar-refractivity contribution >= 4 is 11.7 Å². The highest BCUT2D eigenvalue weighted by Crippen LogP contribution is 2.43. The minimum absolute atomic E-state index is 0.0696. The Hall–Kier alpha value is -3.09. The SMILES string of the molecule is CC1Cc2nn3c(c2CN1C(=O)Nc1ccc(F)c(C#N)c1)C(F)(F)CC(CF)CC3. The highest BCUT2D eigenvalue weighted by molar-refractivity contribution is 5.90. The van der Waals surface area contributed by atoms with Crippen molar-refractivity contribution in [2.24, 2.45) is 5.92 Å². The van der Waals surface area contributed by atoms with Gasteiger partial charge in [0.05, 0.1) is 24.5 Å². The lowest BCUT2D eigenvalue weighted by atomic mass is 9.94. The van der Waals surface area contributed by atoms with Crippen molar-refractivity contribution in [2.45, 2.75) is 51.2 Å². The number of nitriles is 1. The van der Waals surface area contributed by atoms with Crippen LogP contribution in [0, 0.1) is 23.1 Å². The highest BCUT2D eigenvalue weighted by Gasteiger charge is 2.45. The zero-order valence-corrected chi connectivity index (χ0v) is 16.8. The summed E-state index contributed by atoms with van der Waals surface area (Å²) in [6.07, 6.45) is -0.000662. The molecule has 0 fully saturated rings. The topological polar surface area (TPSA) is 74.0 Å². The first-order chi connectivity index (χ1) is 14.7. The van der Waals surface area contributed by atoms with Gasteiger partial charge in [0.2, 0.25) is 0 Å². The third-order valence-electron chi connectivity index (χ3n) is 5.94. The fourth-order valence-corrected chi connectivity index (χ4v) is 4.32. The molecule has 2 aliphatic heterocycles. The Morgan fingerprint density at radius 1 is 1.42 bits per heavy atom. The van der Waals surface area contributed by atoms with E-state index >= 15 is 0 Å². The number of halogens is 4. The predicted molar refractivity (Wildman–Crippen MR) is 104 cm³/mol. The summed E-state index contributed by atoms with van der Waals surface area (Å²) in [5.41, 5.74) is 0.603. The first-order valence-electron chi connectivity index (χ1n) is 10.0. The fraction of sp³-hybridized carbons (Fsp3) is 0.476. The highest BCUT2D eigenvalue weighted by atomic mass is 19.3. The number of carbonyl (C=O) groups excluding carboxylic acids is 1. The van der Waals surface area contributed by atoms with E-state index in [1.54, 1.807) is 13.0 Å². The van der Waals surface area contributed by atoms with Gasteiger partial charge in [0, 0.05) is 36.7 Å². The van der Waals surface area contributed by atoms with Crippen LogP contribution in [0.25, 0.3) is 0 Å². The second-order valence-corrected chi connectivity index (χ2v) is 8.13. The molecule has 1 aromatic carbocycles. The average molecular weight is 435 g/mol. The number of aromatic nitrogens is 2. The zero-order chi connectivity index (χ0) is 22.3. The lowest BCUT2D eigenvalue weighted by Gasteiger charge is -2.34. The van der Waals surface area contributed by atoms with E-state index in [1.807, 2.05) is 0 Å². The van der Waals surface area contributed by atoms with Crippen molar-refractivity contribution < 1.29 is 22.4 Å². The molecule has 6 nitrogen and oxygen atoms in total. The summed E-state index contributed by atoms with van der Waals surface area (Å²) in [6, 6.07) is 4.46. The van der Waals surface area contributed by atoms with Gasteiger partial charge in [-0.2, -0.15) is 19.1 Å². The molecule has 2 amide bonds. The minimum Gasteiger partial charge on any atom is -0.317 e. The summed E-state index contributed by atoms with van der Waals surface area (Å²) in [5, 5.41) is 15.9. The summed E-state index contributed by atoms with van der Waals surface area (Å²) in [4.78, 5) is 14.3. The quantitative estimate of drug-likeness (QED) is 0.713. The maximum atomic E-state index is 15.0. The molecular weight excluding hydrogens is 414 g/mol. The normalized spacial score (nSPS) is 22.1. The molecule has 164 valence electrons. The van der Waals surface area contributed by atoms with E-state index in [1.165, 1.54) is 21.7 Å². The number of anilines is 1. The number of rotatable bonds is 2. The van der Waals surface area contributed by atoms with Crippen molar-refractivity contribution in [2.75, 3.05) is 12.0 Å². The molecule has 3 heterocycles. The van der Waals surface area contributed by atoms with Crippen molar-refractivity contribution in [3.8, 4) is 6.07 Å². The predicted octanol–water partition coefficient (Wildman–Crippen LogP) is 4.34. The van der Waals surface area contributed by atoms with E-state index in [4.69, 9.17) is 5.26 Å². The Labute approximate surface area is 176 Å². The van der Waals surface area contributed by atoms with Gasteiger partial charge in [0.25, 0.3) is 5.92 Å². The summed E-state index contributed by atoms with van der Waals surface area (Å²) in [6.45, 7) is 1.12. The number of nitrogens with one attached hydrogen (secondary N) is 1. The number of nitrogens with zero attached hydrogens (tertiary/aromatic N) is 4. The number of benzene rings is 1. The second kappa shape index (κ2) is 7.87. The number of hydrogen-bond acceptors (Lipinski definition) is 3. The molecule has 0 bridgehead atoms. The molecular formula is C21H21F4N5O. The molecule has 31 heavy (non-hydrogen) atoms. The average Bonchev–Trinajstić information content (AvgIpc) is 3.03. The van der Waals surface area contributed by atoms with Crippen molar-refractivity contribution in [1.29, 1.82) is 5.26 Å². The monoisotopic (exact) mass is 435 g/mol. The number of alkyl halides is 3. The van der Waals surface area contributed by atoms with Crippen molar-refractivity contribution in [1.82, 2.24) is 14.7 Å². The van der Waals surface area contributed by atoms with Crippen LogP contribution in [-0.2, 0) is 25.4 Å². The molecule has 0 spiro atoms. The molecule has 0 saturated heterocycles. The summed E-state index contributed by atoms with van der Waals surface area (Å²) in [5.74, 6) is -4.68. The van der Waals surface area contributed by atoms with Crippen LogP contribution >= 0.6 is 0 Å². The molecule has 2 atom stereocenters. The lowest BCUT2D eigenvalue weighted by Crippen LogP contribution is -2.45. The van der Waals surface area contributed by atoms with Crippen LogP contribution < -0.4 is 5.32 Å². The van der Waals surface area contributed by atoms with Gasteiger partial charge in [0.15, 0.2) is 0 Å². The third-order valence-corrected chi connectivity index (χ3v) is 5.94. The van der Waals surface area contributed by atoms with Gasteiger partial charge in [0.1, 0.15) is 17.6 Å². The minimum atomic E-state index is -3.24. The number of amides is 2. The number of hydrogen-bond donors (Lipinski definition) is 1. The zero-order valence-electron chi connectivity index (χ0n) is 16.8. The molecule has 1 aromatic heterocycles. The van der Waals surface area contributed by atoms with E-state index in [0.29, 0.717) is 17.7 Å². The Bertz CT molecular complexity index is 1060. The van der Waals surface area contributed by atoms with Gasteiger partial charge in [-0.15, -0.1) is 0 Å². The van der Waals surface area contributed by atoms with E-state index in [9.17, 15) is 22.4 Å². The van der Waals surface area contributed by atoms with Gasteiger partial charge < -0.3 is 10.2 Å². The molecule has 0 radical (unpaired) electrons. The van der Waals surface area contributed by atoms with Crippen LogP contribution in [0.2, 0.25) is 0 Å². The summed E-state index contributed by atoms with van der Waals surface area (Å²) >= 11 is 0.